The Bertz CT molecular complexity index is 835. The van der Waals surface area contributed by atoms with E-state index < -0.39 is 23.8 Å². The van der Waals surface area contributed by atoms with Crippen LogP contribution in [0.5, 0.6) is 5.75 Å². The van der Waals surface area contributed by atoms with Crippen molar-refractivity contribution in [3.63, 3.8) is 0 Å². The van der Waals surface area contributed by atoms with Gasteiger partial charge in [0.15, 0.2) is 0 Å². The van der Waals surface area contributed by atoms with Gasteiger partial charge in [-0.2, -0.15) is 0 Å². The first kappa shape index (κ1) is 24.0. The summed E-state index contributed by atoms with van der Waals surface area (Å²) in [6, 6.07) is 16.6. The van der Waals surface area contributed by atoms with Gasteiger partial charge in [0.25, 0.3) is 0 Å². The van der Waals surface area contributed by atoms with Gasteiger partial charge in [0.1, 0.15) is 24.1 Å². The second-order valence-corrected chi connectivity index (χ2v) is 8.58. The largest absolute Gasteiger partial charge is 0.497 e. The maximum atomic E-state index is 12.4. The van der Waals surface area contributed by atoms with Gasteiger partial charge in [-0.15, -0.1) is 0 Å². The number of aliphatic hydroxyl groups is 1. The van der Waals surface area contributed by atoms with Crippen LogP contribution in [0, 0.1) is 5.92 Å². The molecule has 1 fully saturated rings. The number of alkyl carbamates (subject to hydrolysis) is 1. The maximum absolute atomic E-state index is 12.4. The van der Waals surface area contributed by atoms with E-state index >= 15 is 0 Å². The minimum Gasteiger partial charge on any atom is -0.497 e. The zero-order valence-corrected chi connectivity index (χ0v) is 19.0. The molecule has 1 heterocycles. The van der Waals surface area contributed by atoms with E-state index in [9.17, 15) is 9.90 Å². The summed E-state index contributed by atoms with van der Waals surface area (Å²) in [6.07, 6.45) is -0.885. The molecule has 0 bridgehead atoms. The van der Waals surface area contributed by atoms with Gasteiger partial charge in [-0.25, -0.2) is 4.79 Å². The number of carbonyl (C=O) groups excluding carboxylic acids is 1. The van der Waals surface area contributed by atoms with E-state index in [4.69, 9.17) is 18.9 Å². The molecule has 1 saturated heterocycles. The SMILES string of the molecule is COc1ccc(COC[C@]2([C@@H](O)[C@H](CC(C)C)NC(=O)OCc3ccccc3)CO2)cc1. The molecular weight excluding hydrogens is 410 g/mol. The molecule has 32 heavy (non-hydrogen) atoms. The van der Waals surface area contributed by atoms with Crippen LogP contribution in [0.2, 0.25) is 0 Å². The van der Waals surface area contributed by atoms with Crippen LogP contribution >= 0.6 is 0 Å². The third-order valence-corrected chi connectivity index (χ3v) is 5.45. The van der Waals surface area contributed by atoms with Gasteiger partial charge >= 0.3 is 6.09 Å². The van der Waals surface area contributed by atoms with E-state index in [1.165, 1.54) is 0 Å². The van der Waals surface area contributed by atoms with Gasteiger partial charge in [-0.05, 0) is 35.6 Å². The molecule has 0 radical (unpaired) electrons. The minimum absolute atomic E-state index is 0.170. The maximum Gasteiger partial charge on any atom is 0.407 e. The lowest BCUT2D eigenvalue weighted by molar-refractivity contribution is -0.0206. The van der Waals surface area contributed by atoms with Crippen LogP contribution in [-0.4, -0.2) is 49.3 Å². The monoisotopic (exact) mass is 443 g/mol. The highest BCUT2D eigenvalue weighted by atomic mass is 16.6. The number of benzene rings is 2. The second kappa shape index (κ2) is 11.3. The van der Waals surface area contributed by atoms with E-state index in [0.717, 1.165) is 16.9 Å². The summed E-state index contributed by atoms with van der Waals surface area (Å²) >= 11 is 0. The molecule has 2 aromatic rings. The van der Waals surface area contributed by atoms with E-state index in [0.29, 0.717) is 19.6 Å². The predicted molar refractivity (Wildman–Crippen MR) is 120 cm³/mol. The number of epoxide rings is 1. The molecule has 3 atom stereocenters. The van der Waals surface area contributed by atoms with E-state index in [1.54, 1.807) is 7.11 Å². The average molecular weight is 444 g/mol. The minimum atomic E-state index is -0.912. The van der Waals surface area contributed by atoms with Crippen LogP contribution in [0.15, 0.2) is 54.6 Å². The Morgan fingerprint density at radius 2 is 1.75 bits per heavy atom. The number of methoxy groups -OCH3 is 1. The third-order valence-electron chi connectivity index (χ3n) is 5.45. The van der Waals surface area contributed by atoms with Crippen molar-refractivity contribution in [3.05, 3.63) is 65.7 Å². The van der Waals surface area contributed by atoms with Crippen LogP contribution in [0.4, 0.5) is 4.79 Å². The van der Waals surface area contributed by atoms with E-state index in [2.05, 4.69) is 5.32 Å². The molecule has 2 N–H and O–H groups in total. The molecule has 0 unspecified atom stereocenters. The van der Waals surface area contributed by atoms with Crippen molar-refractivity contribution in [3.8, 4) is 5.75 Å². The van der Waals surface area contributed by atoms with Gasteiger partial charge in [-0.3, -0.25) is 0 Å². The van der Waals surface area contributed by atoms with Gasteiger partial charge in [-0.1, -0.05) is 56.3 Å². The Hall–Kier alpha value is -2.61. The molecule has 0 aliphatic carbocycles. The molecular formula is C25H33NO6. The fraction of sp³-hybridized carbons (Fsp3) is 0.480. The highest BCUT2D eigenvalue weighted by Gasteiger charge is 2.54. The lowest BCUT2D eigenvalue weighted by Crippen LogP contribution is -2.52. The van der Waals surface area contributed by atoms with E-state index in [1.807, 2.05) is 68.4 Å². The molecule has 0 saturated carbocycles. The summed E-state index contributed by atoms with van der Waals surface area (Å²) in [4.78, 5) is 12.4. The standard InChI is InChI=1S/C25H33NO6/c1-18(2)13-22(26-24(28)31-15-19-7-5-4-6-8-19)23(27)25(17-32-25)16-30-14-20-9-11-21(29-3)12-10-20/h4-12,18,22-23,27H,13-17H2,1-3H3,(H,26,28)/t22-,23-,25+/m0/s1. The normalized spacial score (nSPS) is 19.3. The van der Waals surface area contributed by atoms with Crippen LogP contribution in [0.25, 0.3) is 0 Å². The third kappa shape index (κ3) is 6.95. The van der Waals surface area contributed by atoms with Gasteiger partial charge < -0.3 is 29.4 Å². The molecule has 1 aliphatic rings. The second-order valence-electron chi connectivity index (χ2n) is 8.58. The number of hydrogen-bond donors (Lipinski definition) is 2. The number of hydrogen-bond acceptors (Lipinski definition) is 6. The lowest BCUT2D eigenvalue weighted by Gasteiger charge is -2.29. The Kier molecular flexibility index (Phi) is 8.50. The smallest absolute Gasteiger partial charge is 0.407 e. The number of amides is 1. The zero-order chi connectivity index (χ0) is 23.0. The van der Waals surface area contributed by atoms with Crippen LogP contribution in [0.1, 0.15) is 31.4 Å². The van der Waals surface area contributed by atoms with Crippen LogP contribution in [0.3, 0.4) is 0 Å². The number of aliphatic hydroxyl groups excluding tert-OH is 1. The van der Waals surface area contributed by atoms with Crippen LogP contribution in [-0.2, 0) is 27.4 Å². The quantitative estimate of drug-likeness (QED) is 0.487. The Labute approximate surface area is 189 Å². The fourth-order valence-corrected chi connectivity index (χ4v) is 3.55. The number of nitrogens with one attached hydrogen (secondary N) is 1. The molecule has 174 valence electrons. The number of ether oxygens (including phenoxy) is 4. The lowest BCUT2D eigenvalue weighted by atomic mass is 9.91. The molecule has 0 spiro atoms. The molecule has 3 rings (SSSR count). The fourth-order valence-electron chi connectivity index (χ4n) is 3.55. The molecule has 1 aliphatic heterocycles. The predicted octanol–water partition coefficient (Wildman–Crippen LogP) is 3.68. The highest BCUT2D eigenvalue weighted by Crippen LogP contribution is 2.35. The van der Waals surface area contributed by atoms with Crippen molar-refractivity contribution in [2.75, 3.05) is 20.3 Å². The van der Waals surface area contributed by atoms with Crippen molar-refractivity contribution >= 4 is 6.09 Å². The summed E-state index contributed by atoms with van der Waals surface area (Å²) in [5.41, 5.74) is 1.08. The van der Waals surface area contributed by atoms with Crippen molar-refractivity contribution in [1.29, 1.82) is 0 Å². The Morgan fingerprint density at radius 1 is 1.09 bits per heavy atom. The van der Waals surface area contributed by atoms with Crippen LogP contribution < -0.4 is 10.1 Å². The Morgan fingerprint density at radius 3 is 2.34 bits per heavy atom. The molecule has 0 aromatic heterocycles. The highest BCUT2D eigenvalue weighted by molar-refractivity contribution is 5.67. The first-order valence-electron chi connectivity index (χ1n) is 10.9. The molecule has 7 heteroatoms. The van der Waals surface area contributed by atoms with Crippen molar-refractivity contribution in [1.82, 2.24) is 5.32 Å². The summed E-state index contributed by atoms with van der Waals surface area (Å²) in [5.74, 6) is 1.05. The van der Waals surface area contributed by atoms with E-state index in [-0.39, 0.29) is 19.1 Å². The average Bonchev–Trinajstić information content (AvgIpc) is 3.58. The molecule has 7 nitrogen and oxygen atoms in total. The topological polar surface area (TPSA) is 89.5 Å². The van der Waals surface area contributed by atoms with Crippen molar-refractivity contribution in [2.45, 2.75) is 51.2 Å². The van der Waals surface area contributed by atoms with Crippen molar-refractivity contribution < 1.29 is 28.8 Å². The zero-order valence-electron chi connectivity index (χ0n) is 19.0. The van der Waals surface area contributed by atoms with Gasteiger partial charge in [0.2, 0.25) is 0 Å². The first-order valence-corrected chi connectivity index (χ1v) is 10.9. The molecule has 2 aromatic carbocycles. The number of carbonyl (C=O) groups is 1. The van der Waals surface area contributed by atoms with Crippen molar-refractivity contribution in [2.24, 2.45) is 5.92 Å². The van der Waals surface area contributed by atoms with Gasteiger partial charge in [0.05, 0.1) is 33.0 Å². The molecule has 1 amide bonds. The first-order chi connectivity index (χ1) is 15.4. The Balaban J connectivity index is 1.52. The van der Waals surface area contributed by atoms with Gasteiger partial charge in [0, 0.05) is 0 Å². The summed E-state index contributed by atoms with van der Waals surface area (Å²) in [7, 11) is 1.63. The summed E-state index contributed by atoms with van der Waals surface area (Å²) in [5, 5.41) is 13.9. The summed E-state index contributed by atoms with van der Waals surface area (Å²) in [6.45, 7) is 5.25. The number of rotatable bonds is 12. The summed E-state index contributed by atoms with van der Waals surface area (Å²) < 4.78 is 22.0.